The van der Waals surface area contributed by atoms with Gasteiger partial charge in [0.25, 0.3) is 0 Å². The molecule has 0 N–H and O–H groups in total. The average molecular weight is 704 g/mol. The van der Waals surface area contributed by atoms with E-state index in [0.717, 1.165) is 0 Å². The summed E-state index contributed by atoms with van der Waals surface area (Å²) < 4.78 is 1.56. The van der Waals surface area contributed by atoms with Gasteiger partial charge >= 0.3 is 41.0 Å². The molecular weight excluding hydrogens is 670 g/mol. The van der Waals surface area contributed by atoms with Crippen LogP contribution in [0.4, 0.5) is 0 Å². The molecule has 0 nitrogen and oxygen atoms in total. The van der Waals surface area contributed by atoms with Crippen LogP contribution in [0, 0.1) is 13.8 Å². The number of halogens is 2. The van der Waals surface area contributed by atoms with Crippen molar-refractivity contribution in [2.45, 2.75) is 27.7 Å². The SMILES string of the molecule is C[C](C)=[Hf+2].Cc1ccccc1-c1cccc2[cH-]ccc12.Cc1ccccc1-c1cccc2[cH-]ccc12.Cl.Cl. The summed E-state index contributed by atoms with van der Waals surface area (Å²) in [6.45, 7) is 8.62. The molecule has 6 aromatic carbocycles. The summed E-state index contributed by atoms with van der Waals surface area (Å²) in [7, 11) is 0. The van der Waals surface area contributed by atoms with Gasteiger partial charge in [0.05, 0.1) is 0 Å². The summed E-state index contributed by atoms with van der Waals surface area (Å²) in [6, 6.07) is 43.0. The Morgan fingerprint density at radius 2 is 0.842 bits per heavy atom. The fourth-order valence-corrected chi connectivity index (χ4v) is 4.54. The van der Waals surface area contributed by atoms with Crippen molar-refractivity contribution < 1.29 is 23.9 Å². The van der Waals surface area contributed by atoms with Crippen LogP contribution in [0.25, 0.3) is 43.8 Å². The third-order valence-corrected chi connectivity index (χ3v) is 6.23. The van der Waals surface area contributed by atoms with Gasteiger partial charge < -0.3 is 0 Å². The smallest absolute Gasteiger partial charge is 0.0250 e. The summed E-state index contributed by atoms with van der Waals surface area (Å²) in [5.41, 5.74) is 7.99. The van der Waals surface area contributed by atoms with Crippen LogP contribution in [0.1, 0.15) is 25.0 Å². The number of rotatable bonds is 2. The van der Waals surface area contributed by atoms with E-state index in [-0.39, 0.29) is 24.8 Å². The molecule has 0 atom stereocenters. The Morgan fingerprint density at radius 3 is 1.21 bits per heavy atom. The van der Waals surface area contributed by atoms with Crippen LogP contribution in [-0.4, -0.2) is 3.26 Å². The Hall–Kier alpha value is -2.58. The van der Waals surface area contributed by atoms with Gasteiger partial charge in [0.2, 0.25) is 0 Å². The fourth-order valence-electron chi connectivity index (χ4n) is 4.54. The van der Waals surface area contributed by atoms with Crippen molar-refractivity contribution in [1.82, 2.24) is 0 Å². The van der Waals surface area contributed by atoms with Gasteiger partial charge in [-0.15, -0.1) is 82.8 Å². The molecule has 0 radical (unpaired) electrons. The fraction of sp³-hybridized carbons (Fsp3) is 0.114. The summed E-state index contributed by atoms with van der Waals surface area (Å²) in [5.74, 6) is 0. The molecule has 0 saturated heterocycles. The number of aryl methyl sites for hydroxylation is 2. The maximum absolute atomic E-state index is 2.20. The number of fused-ring (bicyclic) bond motifs is 2. The molecule has 38 heavy (non-hydrogen) atoms. The van der Waals surface area contributed by atoms with Crippen molar-refractivity contribution in [3.63, 3.8) is 0 Å². The van der Waals surface area contributed by atoms with E-state index in [4.69, 9.17) is 0 Å². The molecule has 192 valence electrons. The average Bonchev–Trinajstić information content (AvgIpc) is 3.54. The molecule has 0 unspecified atom stereocenters. The predicted octanol–water partition coefficient (Wildman–Crippen LogP) is 10.7. The van der Waals surface area contributed by atoms with Crippen molar-refractivity contribution in [2.24, 2.45) is 0 Å². The van der Waals surface area contributed by atoms with Gasteiger partial charge in [-0.3, -0.25) is 0 Å². The Labute approximate surface area is 254 Å². The zero-order valence-corrected chi connectivity index (χ0v) is 27.6. The maximum atomic E-state index is 2.20. The molecular formula is C35H34Cl2Hf. The van der Waals surface area contributed by atoms with Gasteiger partial charge in [0, 0.05) is 0 Å². The second-order valence-electron chi connectivity index (χ2n) is 9.30. The van der Waals surface area contributed by atoms with Crippen molar-refractivity contribution in [2.75, 3.05) is 0 Å². The van der Waals surface area contributed by atoms with Crippen LogP contribution in [0.15, 0.2) is 121 Å². The molecule has 0 aromatic heterocycles. The van der Waals surface area contributed by atoms with E-state index in [1.54, 1.807) is 3.26 Å². The summed E-state index contributed by atoms with van der Waals surface area (Å²) >= 11 is 1.27. The standard InChI is InChI=1S/2C16H13.C3H6.2ClH.Hf/c2*1-12-6-2-3-9-14(12)16-11-5-8-13-7-4-10-15(13)16;1-3-2;;;/h2*2-11H,1H3;1-2H3;2*1H;/q2*-1;;;;+2. The Morgan fingerprint density at radius 1 is 0.500 bits per heavy atom. The van der Waals surface area contributed by atoms with Gasteiger partial charge in [-0.25, -0.2) is 0 Å². The first-order chi connectivity index (χ1) is 17.5. The molecule has 0 aliphatic rings. The monoisotopic (exact) mass is 704 g/mol. The molecule has 6 aromatic rings. The summed E-state index contributed by atoms with van der Waals surface area (Å²) in [4.78, 5) is 0. The van der Waals surface area contributed by atoms with Crippen LogP contribution in [0.3, 0.4) is 0 Å². The van der Waals surface area contributed by atoms with Gasteiger partial charge in [-0.2, -0.15) is 24.3 Å². The molecule has 0 aliphatic heterocycles. The molecule has 6 rings (SSSR count). The molecule has 0 fully saturated rings. The van der Waals surface area contributed by atoms with E-state index in [0.29, 0.717) is 0 Å². The number of benzene rings is 4. The van der Waals surface area contributed by atoms with E-state index in [2.05, 4.69) is 149 Å². The van der Waals surface area contributed by atoms with Crippen molar-refractivity contribution in [1.29, 1.82) is 0 Å². The van der Waals surface area contributed by atoms with Gasteiger partial charge in [-0.05, 0) is 36.1 Å². The van der Waals surface area contributed by atoms with Gasteiger partial charge in [-0.1, -0.05) is 71.8 Å². The zero-order valence-electron chi connectivity index (χ0n) is 22.4. The van der Waals surface area contributed by atoms with Crippen LogP contribution >= 0.6 is 24.8 Å². The largest absolute Gasteiger partial charge is 0.168 e. The quantitative estimate of drug-likeness (QED) is 0.124. The molecule has 3 heteroatoms. The van der Waals surface area contributed by atoms with E-state index in [9.17, 15) is 0 Å². The molecule has 0 saturated carbocycles. The van der Waals surface area contributed by atoms with Crippen LogP contribution in [0.2, 0.25) is 0 Å². The van der Waals surface area contributed by atoms with Crippen LogP contribution < -0.4 is 0 Å². The predicted molar refractivity (Wildman–Crippen MR) is 170 cm³/mol. The van der Waals surface area contributed by atoms with E-state index in [1.165, 1.54) is 78.8 Å². The Bertz CT molecular complexity index is 1480. The summed E-state index contributed by atoms with van der Waals surface area (Å²) in [5, 5.41) is 5.33. The van der Waals surface area contributed by atoms with Crippen molar-refractivity contribution in [3.8, 4) is 22.3 Å². The molecule has 0 amide bonds. The minimum Gasteiger partial charge on any atom is -0.168 e. The molecule has 0 aliphatic carbocycles. The number of hydrogen-bond acceptors (Lipinski definition) is 0. The van der Waals surface area contributed by atoms with E-state index >= 15 is 0 Å². The second kappa shape index (κ2) is 15.1. The molecule has 0 spiro atoms. The molecule has 0 bridgehead atoms. The topological polar surface area (TPSA) is 0 Å². The first-order valence-corrected chi connectivity index (χ1v) is 14.2. The zero-order chi connectivity index (χ0) is 25.5. The second-order valence-corrected chi connectivity index (χ2v) is 12.9. The van der Waals surface area contributed by atoms with Gasteiger partial charge in [0.15, 0.2) is 0 Å². The number of hydrogen-bond donors (Lipinski definition) is 0. The third kappa shape index (κ3) is 7.73. The Balaban J connectivity index is 0.000000224. The molecule has 0 heterocycles. The first-order valence-electron chi connectivity index (χ1n) is 12.4. The Kier molecular flexibility index (Phi) is 12.6. The maximum Gasteiger partial charge on any atom is -0.0250 e. The van der Waals surface area contributed by atoms with Crippen molar-refractivity contribution in [3.05, 3.63) is 132 Å². The minimum atomic E-state index is 0. The van der Waals surface area contributed by atoms with Crippen molar-refractivity contribution >= 4 is 49.6 Å². The van der Waals surface area contributed by atoms with Crippen LogP contribution in [-0.2, 0) is 23.9 Å². The normalized spacial score (nSPS) is 9.84. The third-order valence-electron chi connectivity index (χ3n) is 6.23. The summed E-state index contributed by atoms with van der Waals surface area (Å²) in [6.07, 6.45) is 0. The first kappa shape index (κ1) is 31.6. The minimum absolute atomic E-state index is 0. The van der Waals surface area contributed by atoms with Crippen LogP contribution in [0.5, 0.6) is 0 Å². The van der Waals surface area contributed by atoms with E-state index < -0.39 is 0 Å². The van der Waals surface area contributed by atoms with Gasteiger partial charge in [0.1, 0.15) is 0 Å². The van der Waals surface area contributed by atoms with E-state index in [1.807, 2.05) is 0 Å².